The smallest absolute Gasteiger partial charge is 0.253 e. The van der Waals surface area contributed by atoms with Crippen LogP contribution in [0.1, 0.15) is 30.6 Å². The first-order valence-electron chi connectivity index (χ1n) is 6.83. The summed E-state index contributed by atoms with van der Waals surface area (Å²) < 4.78 is 5.39. The van der Waals surface area contributed by atoms with Crippen LogP contribution in [-0.4, -0.2) is 42.5 Å². The molecule has 0 spiro atoms. The van der Waals surface area contributed by atoms with Gasteiger partial charge in [-0.3, -0.25) is 4.79 Å². The van der Waals surface area contributed by atoms with Gasteiger partial charge in [-0.25, -0.2) is 0 Å². The van der Waals surface area contributed by atoms with Gasteiger partial charge in [0.25, 0.3) is 5.91 Å². The van der Waals surface area contributed by atoms with E-state index in [-0.39, 0.29) is 11.9 Å². The van der Waals surface area contributed by atoms with Gasteiger partial charge in [0.15, 0.2) is 0 Å². The van der Waals surface area contributed by atoms with Crippen LogP contribution in [0.2, 0.25) is 0 Å². The Bertz CT molecular complexity index is 451. The first-order valence-corrected chi connectivity index (χ1v) is 8.22. The number of amides is 1. The third kappa shape index (κ3) is 4.07. The molecule has 0 fully saturated rings. The third-order valence-electron chi connectivity index (χ3n) is 3.25. The van der Waals surface area contributed by atoms with Crippen LogP contribution in [0.3, 0.4) is 0 Å². The number of nitrogens with zero attached hydrogens (tertiary/aromatic N) is 1. The summed E-state index contributed by atoms with van der Waals surface area (Å²) in [6.45, 7) is 4.56. The van der Waals surface area contributed by atoms with Gasteiger partial charge < -0.3 is 15.4 Å². The number of rotatable bonds is 7. The normalized spacial score (nSPS) is 12.0. The highest BCUT2D eigenvalue weighted by Crippen LogP contribution is 2.23. The molecule has 1 aromatic rings. The molecule has 0 bridgehead atoms. The van der Waals surface area contributed by atoms with Crippen molar-refractivity contribution in [2.24, 2.45) is 0 Å². The maximum Gasteiger partial charge on any atom is 0.253 e. The second kappa shape index (κ2) is 8.04. The number of carbonyl (C=O) groups is 1. The van der Waals surface area contributed by atoms with Gasteiger partial charge in [0.05, 0.1) is 12.3 Å². The van der Waals surface area contributed by atoms with Crippen LogP contribution in [-0.2, 0) is 0 Å². The highest BCUT2D eigenvalue weighted by molar-refractivity contribution is 7.98. The Balaban J connectivity index is 2.88. The van der Waals surface area contributed by atoms with Crippen molar-refractivity contribution < 1.29 is 9.53 Å². The number of carbonyl (C=O) groups excluding carboxylic acids is 1. The first-order chi connectivity index (χ1) is 9.54. The highest BCUT2D eigenvalue weighted by atomic mass is 32.2. The van der Waals surface area contributed by atoms with Crippen molar-refractivity contribution in [2.45, 2.75) is 26.3 Å². The molecule has 5 heteroatoms. The Kier molecular flexibility index (Phi) is 6.71. The Morgan fingerprint density at radius 2 is 2.15 bits per heavy atom. The number of hydrogen-bond donors (Lipinski definition) is 1. The topological polar surface area (TPSA) is 55.6 Å². The van der Waals surface area contributed by atoms with Gasteiger partial charge in [-0.2, -0.15) is 11.8 Å². The summed E-state index contributed by atoms with van der Waals surface area (Å²) in [5.74, 6) is 1.56. The van der Waals surface area contributed by atoms with E-state index in [1.54, 1.807) is 34.9 Å². The molecular weight excluding hydrogens is 272 g/mol. The summed E-state index contributed by atoms with van der Waals surface area (Å²) in [4.78, 5) is 14.3. The van der Waals surface area contributed by atoms with E-state index in [1.165, 1.54) is 0 Å². The van der Waals surface area contributed by atoms with Gasteiger partial charge in [0, 0.05) is 24.4 Å². The zero-order valence-corrected chi connectivity index (χ0v) is 13.5. The van der Waals surface area contributed by atoms with E-state index >= 15 is 0 Å². The van der Waals surface area contributed by atoms with E-state index in [4.69, 9.17) is 10.5 Å². The largest absolute Gasteiger partial charge is 0.492 e. The molecule has 2 N–H and O–H groups in total. The van der Waals surface area contributed by atoms with E-state index in [9.17, 15) is 4.79 Å². The van der Waals surface area contributed by atoms with Gasteiger partial charge in [0.2, 0.25) is 0 Å². The van der Waals surface area contributed by atoms with Crippen molar-refractivity contribution in [3.63, 3.8) is 0 Å². The molecule has 1 aromatic carbocycles. The van der Waals surface area contributed by atoms with Crippen LogP contribution in [0.25, 0.3) is 0 Å². The zero-order chi connectivity index (χ0) is 15.1. The minimum atomic E-state index is 0.000600. The van der Waals surface area contributed by atoms with Gasteiger partial charge in [-0.15, -0.1) is 0 Å². The van der Waals surface area contributed by atoms with E-state index in [0.29, 0.717) is 23.6 Å². The number of nitrogens with two attached hydrogens (primary N) is 1. The number of thioether (sulfide) groups is 1. The second-order valence-corrected chi connectivity index (χ2v) is 5.53. The summed E-state index contributed by atoms with van der Waals surface area (Å²) in [7, 11) is 1.85. The van der Waals surface area contributed by atoms with Crippen molar-refractivity contribution in [3.05, 3.63) is 23.8 Å². The quantitative estimate of drug-likeness (QED) is 0.786. The lowest BCUT2D eigenvalue weighted by Gasteiger charge is -2.27. The van der Waals surface area contributed by atoms with Crippen molar-refractivity contribution >= 4 is 23.4 Å². The minimum absolute atomic E-state index is 0.000600. The molecule has 1 atom stereocenters. The summed E-state index contributed by atoms with van der Waals surface area (Å²) in [5.41, 5.74) is 7.02. The summed E-state index contributed by atoms with van der Waals surface area (Å²) in [6.07, 6.45) is 2.99. The maximum absolute atomic E-state index is 12.5. The standard InChI is InChI=1S/C15H24N2O2S/c1-5-12(10-20-4)17(3)15(18)11-7-8-14(19-6-2)13(16)9-11/h7-9,12H,5-6,10,16H2,1-4H3. The molecule has 112 valence electrons. The summed E-state index contributed by atoms with van der Waals surface area (Å²) >= 11 is 1.75. The van der Waals surface area contributed by atoms with E-state index in [1.807, 2.05) is 14.0 Å². The Hall–Kier alpha value is -1.36. The summed E-state index contributed by atoms with van der Waals surface area (Å²) in [6, 6.07) is 5.46. The highest BCUT2D eigenvalue weighted by Gasteiger charge is 2.20. The average molecular weight is 296 g/mol. The number of benzene rings is 1. The first kappa shape index (κ1) is 16.7. The number of hydrogen-bond acceptors (Lipinski definition) is 4. The van der Waals surface area contributed by atoms with Gasteiger partial charge in [0.1, 0.15) is 5.75 Å². The van der Waals surface area contributed by atoms with Gasteiger partial charge >= 0.3 is 0 Å². The van der Waals surface area contributed by atoms with Crippen LogP contribution in [0.15, 0.2) is 18.2 Å². The molecule has 0 aliphatic heterocycles. The molecule has 20 heavy (non-hydrogen) atoms. The van der Waals surface area contributed by atoms with Crippen molar-refractivity contribution in [3.8, 4) is 5.75 Å². The monoisotopic (exact) mass is 296 g/mol. The molecule has 0 heterocycles. The molecule has 0 saturated carbocycles. The molecule has 0 aliphatic rings. The zero-order valence-electron chi connectivity index (χ0n) is 12.7. The number of ether oxygens (including phenoxy) is 1. The molecule has 1 unspecified atom stereocenters. The van der Waals surface area contributed by atoms with Crippen molar-refractivity contribution in [2.75, 3.05) is 31.4 Å². The van der Waals surface area contributed by atoms with E-state index in [2.05, 4.69) is 13.2 Å². The van der Waals surface area contributed by atoms with Crippen LogP contribution < -0.4 is 10.5 Å². The average Bonchev–Trinajstić information content (AvgIpc) is 2.45. The Morgan fingerprint density at radius 3 is 2.65 bits per heavy atom. The Morgan fingerprint density at radius 1 is 1.45 bits per heavy atom. The fraction of sp³-hybridized carbons (Fsp3) is 0.533. The molecule has 1 rings (SSSR count). The predicted molar refractivity (Wildman–Crippen MR) is 86.6 cm³/mol. The lowest BCUT2D eigenvalue weighted by Crippen LogP contribution is -2.38. The van der Waals surface area contributed by atoms with Gasteiger partial charge in [-0.05, 0) is 37.8 Å². The van der Waals surface area contributed by atoms with Crippen LogP contribution >= 0.6 is 11.8 Å². The minimum Gasteiger partial charge on any atom is -0.492 e. The fourth-order valence-corrected chi connectivity index (χ4v) is 2.88. The SMILES string of the molecule is CCOc1ccc(C(=O)N(C)C(CC)CSC)cc1N. The lowest BCUT2D eigenvalue weighted by atomic mass is 10.1. The van der Waals surface area contributed by atoms with Crippen LogP contribution in [0.5, 0.6) is 5.75 Å². The lowest BCUT2D eigenvalue weighted by molar-refractivity contribution is 0.0743. The number of nitrogen functional groups attached to an aromatic ring is 1. The van der Waals surface area contributed by atoms with Crippen LogP contribution in [0.4, 0.5) is 5.69 Å². The summed E-state index contributed by atoms with van der Waals surface area (Å²) in [5, 5.41) is 0. The van der Waals surface area contributed by atoms with Crippen LogP contribution in [0, 0.1) is 0 Å². The second-order valence-electron chi connectivity index (χ2n) is 4.62. The van der Waals surface area contributed by atoms with Crippen molar-refractivity contribution in [1.29, 1.82) is 0 Å². The van der Waals surface area contributed by atoms with Crippen molar-refractivity contribution in [1.82, 2.24) is 4.90 Å². The number of anilines is 1. The maximum atomic E-state index is 12.5. The molecule has 0 aromatic heterocycles. The predicted octanol–water partition coefficient (Wildman–Crippen LogP) is 2.88. The van der Waals surface area contributed by atoms with E-state index in [0.717, 1.165) is 12.2 Å². The van der Waals surface area contributed by atoms with E-state index < -0.39 is 0 Å². The molecule has 4 nitrogen and oxygen atoms in total. The molecule has 0 aliphatic carbocycles. The molecular formula is C15H24N2O2S. The molecule has 1 amide bonds. The Labute approximate surface area is 125 Å². The molecule has 0 saturated heterocycles. The third-order valence-corrected chi connectivity index (χ3v) is 3.97. The van der Waals surface area contributed by atoms with Gasteiger partial charge in [-0.1, -0.05) is 6.92 Å². The molecule has 0 radical (unpaired) electrons. The fourth-order valence-electron chi connectivity index (χ4n) is 2.03.